The van der Waals surface area contributed by atoms with Crippen molar-refractivity contribution < 1.29 is 37.3 Å². The van der Waals surface area contributed by atoms with Crippen LogP contribution in [0.3, 0.4) is 0 Å². The lowest BCUT2D eigenvalue weighted by molar-refractivity contribution is -0.154. The summed E-state index contributed by atoms with van der Waals surface area (Å²) in [6, 6.07) is 2.55. The highest BCUT2D eigenvalue weighted by Gasteiger charge is 2.31. The van der Waals surface area contributed by atoms with Crippen molar-refractivity contribution in [1.29, 1.82) is 0 Å². The van der Waals surface area contributed by atoms with E-state index in [1.807, 2.05) is 0 Å². The second-order valence-corrected chi connectivity index (χ2v) is 7.19. The number of carbonyl (C=O) groups is 2. The van der Waals surface area contributed by atoms with Gasteiger partial charge in [-0.2, -0.15) is 18.2 Å². The molecular weight excluding hydrogens is 383 g/mol. The molecule has 156 valence electrons. The van der Waals surface area contributed by atoms with E-state index in [1.165, 1.54) is 11.0 Å². The summed E-state index contributed by atoms with van der Waals surface area (Å²) in [5.74, 6) is -1.77. The largest absolute Gasteiger partial charge is 0.477 e. The molecule has 0 bridgehead atoms. The fourth-order valence-corrected chi connectivity index (χ4v) is 2.47. The van der Waals surface area contributed by atoms with Gasteiger partial charge in [-0.1, -0.05) is 0 Å². The van der Waals surface area contributed by atoms with Gasteiger partial charge >= 0.3 is 18.2 Å². The van der Waals surface area contributed by atoms with E-state index < -0.39 is 41.9 Å². The van der Waals surface area contributed by atoms with Gasteiger partial charge in [0.05, 0.1) is 0 Å². The molecule has 1 aromatic rings. The van der Waals surface area contributed by atoms with Gasteiger partial charge in [-0.15, -0.1) is 0 Å². The molecule has 0 aromatic carbocycles. The Labute approximate surface area is 159 Å². The maximum absolute atomic E-state index is 12.4. The molecule has 1 fully saturated rings. The quantitative estimate of drug-likeness (QED) is 0.823. The van der Waals surface area contributed by atoms with E-state index in [9.17, 15) is 22.8 Å². The van der Waals surface area contributed by atoms with E-state index in [1.54, 1.807) is 25.7 Å². The summed E-state index contributed by atoms with van der Waals surface area (Å²) in [6.07, 6.45) is -5.07. The Balaban J connectivity index is 2.08. The normalized spacial score (nSPS) is 15.4. The molecule has 1 aromatic heterocycles. The first-order valence-electron chi connectivity index (χ1n) is 8.52. The second-order valence-electron chi connectivity index (χ2n) is 7.19. The van der Waals surface area contributed by atoms with Crippen molar-refractivity contribution in [2.24, 2.45) is 0 Å². The summed E-state index contributed by atoms with van der Waals surface area (Å²) >= 11 is 0. The van der Waals surface area contributed by atoms with Crippen LogP contribution in [0.2, 0.25) is 0 Å². The lowest BCUT2D eigenvalue weighted by atomic mass is 10.2. The van der Waals surface area contributed by atoms with Crippen molar-refractivity contribution in [2.75, 3.05) is 37.7 Å². The average molecular weight is 405 g/mol. The van der Waals surface area contributed by atoms with Crippen molar-refractivity contribution in [3.63, 3.8) is 0 Å². The topological polar surface area (TPSA) is 92.2 Å². The van der Waals surface area contributed by atoms with E-state index in [0.717, 1.165) is 6.07 Å². The van der Waals surface area contributed by atoms with E-state index in [0.29, 0.717) is 26.2 Å². The molecule has 0 spiro atoms. The Morgan fingerprint density at radius 2 is 1.75 bits per heavy atom. The third kappa shape index (κ3) is 6.17. The molecule has 2 rings (SSSR count). The van der Waals surface area contributed by atoms with Crippen LogP contribution in [0.25, 0.3) is 0 Å². The molecule has 1 aliphatic rings. The Morgan fingerprint density at radius 1 is 1.14 bits per heavy atom. The molecule has 2 heterocycles. The summed E-state index contributed by atoms with van der Waals surface area (Å²) in [5, 5.41) is 9.11. The van der Waals surface area contributed by atoms with Gasteiger partial charge in [0.15, 0.2) is 6.61 Å². The van der Waals surface area contributed by atoms with E-state index in [2.05, 4.69) is 9.72 Å². The molecule has 1 N–H and O–H groups in total. The number of aromatic carboxylic acids is 1. The SMILES string of the molecule is CC(C)(C)OC(=O)N1CCN(c2ccc(C(=O)O)c(OCC(F)(F)F)n2)CC1. The fraction of sp³-hybridized carbons (Fsp3) is 0.588. The van der Waals surface area contributed by atoms with Crippen molar-refractivity contribution in [3.05, 3.63) is 17.7 Å². The number of carboxylic acid groups (broad SMARTS) is 1. The van der Waals surface area contributed by atoms with Gasteiger partial charge in [0, 0.05) is 26.2 Å². The maximum Gasteiger partial charge on any atom is 0.422 e. The number of pyridine rings is 1. The molecule has 8 nitrogen and oxygen atoms in total. The van der Waals surface area contributed by atoms with Crippen LogP contribution in [0.15, 0.2) is 12.1 Å². The fourth-order valence-electron chi connectivity index (χ4n) is 2.47. The summed E-state index contributed by atoms with van der Waals surface area (Å²) in [6.45, 7) is 5.02. The number of anilines is 1. The van der Waals surface area contributed by atoms with Gasteiger partial charge in [0.2, 0.25) is 5.88 Å². The number of nitrogens with zero attached hydrogens (tertiary/aromatic N) is 3. The number of ether oxygens (including phenoxy) is 2. The highest BCUT2D eigenvalue weighted by atomic mass is 19.4. The van der Waals surface area contributed by atoms with E-state index >= 15 is 0 Å². The highest BCUT2D eigenvalue weighted by molar-refractivity contribution is 5.90. The predicted molar refractivity (Wildman–Crippen MR) is 92.8 cm³/mol. The molecule has 0 unspecified atom stereocenters. The zero-order valence-electron chi connectivity index (χ0n) is 15.7. The predicted octanol–water partition coefficient (Wildman–Crippen LogP) is 2.78. The number of rotatable bonds is 4. The number of hydrogen-bond donors (Lipinski definition) is 1. The van der Waals surface area contributed by atoms with Gasteiger partial charge < -0.3 is 24.4 Å². The molecule has 0 saturated carbocycles. The lowest BCUT2D eigenvalue weighted by Gasteiger charge is -2.36. The number of piperazine rings is 1. The minimum atomic E-state index is -4.62. The van der Waals surface area contributed by atoms with Gasteiger partial charge in [-0.3, -0.25) is 0 Å². The molecule has 0 radical (unpaired) electrons. The molecule has 1 aliphatic heterocycles. The first kappa shape index (κ1) is 21.6. The highest BCUT2D eigenvalue weighted by Crippen LogP contribution is 2.25. The van der Waals surface area contributed by atoms with Crippen LogP contribution in [0.5, 0.6) is 5.88 Å². The van der Waals surface area contributed by atoms with E-state index in [-0.39, 0.29) is 5.82 Å². The lowest BCUT2D eigenvalue weighted by Crippen LogP contribution is -2.50. The average Bonchev–Trinajstić information content (AvgIpc) is 2.57. The molecule has 0 aliphatic carbocycles. The Hall–Kier alpha value is -2.72. The minimum absolute atomic E-state index is 0.269. The number of alkyl halides is 3. The van der Waals surface area contributed by atoms with Crippen LogP contribution in [-0.2, 0) is 4.74 Å². The number of aromatic nitrogens is 1. The Kier molecular flexibility index (Phi) is 6.25. The van der Waals surface area contributed by atoms with Crippen LogP contribution in [0.1, 0.15) is 31.1 Å². The van der Waals surface area contributed by atoms with Crippen LogP contribution < -0.4 is 9.64 Å². The van der Waals surface area contributed by atoms with Crippen LogP contribution >= 0.6 is 0 Å². The monoisotopic (exact) mass is 405 g/mol. The Morgan fingerprint density at radius 3 is 2.25 bits per heavy atom. The van der Waals surface area contributed by atoms with Crippen LogP contribution in [-0.4, -0.2) is 71.6 Å². The third-order valence-electron chi connectivity index (χ3n) is 3.70. The van der Waals surface area contributed by atoms with E-state index in [4.69, 9.17) is 9.84 Å². The molecular formula is C17H22F3N3O5. The van der Waals surface area contributed by atoms with Crippen molar-refractivity contribution in [2.45, 2.75) is 32.5 Å². The molecule has 28 heavy (non-hydrogen) atoms. The minimum Gasteiger partial charge on any atom is -0.477 e. The molecule has 11 heteroatoms. The van der Waals surface area contributed by atoms with Crippen LogP contribution in [0.4, 0.5) is 23.8 Å². The van der Waals surface area contributed by atoms with Gasteiger partial charge in [-0.25, -0.2) is 9.59 Å². The number of carbonyl (C=O) groups excluding carboxylic acids is 1. The smallest absolute Gasteiger partial charge is 0.422 e. The first-order valence-corrected chi connectivity index (χ1v) is 8.52. The summed E-state index contributed by atoms with van der Waals surface area (Å²) in [7, 11) is 0. The zero-order chi connectivity index (χ0) is 21.1. The molecule has 1 amide bonds. The number of amides is 1. The number of carboxylic acids is 1. The second kappa shape index (κ2) is 8.11. The van der Waals surface area contributed by atoms with Crippen molar-refractivity contribution in [1.82, 2.24) is 9.88 Å². The van der Waals surface area contributed by atoms with Gasteiger partial charge in [-0.05, 0) is 32.9 Å². The first-order chi connectivity index (χ1) is 12.9. The van der Waals surface area contributed by atoms with Gasteiger partial charge in [0.25, 0.3) is 0 Å². The van der Waals surface area contributed by atoms with Gasteiger partial charge in [0.1, 0.15) is 17.0 Å². The summed E-state index contributed by atoms with van der Waals surface area (Å²) in [4.78, 5) is 30.5. The van der Waals surface area contributed by atoms with Crippen LogP contribution in [0, 0.1) is 0 Å². The zero-order valence-corrected chi connectivity index (χ0v) is 15.7. The number of hydrogen-bond acceptors (Lipinski definition) is 6. The maximum atomic E-state index is 12.4. The standard InChI is InChI=1S/C17H22F3N3O5/c1-16(2,3)28-15(26)23-8-6-22(7-9-23)12-5-4-11(14(24)25)13(21-12)27-10-17(18,19)20/h4-5H,6-10H2,1-3H3,(H,24,25). The van der Waals surface area contributed by atoms with Crippen molar-refractivity contribution in [3.8, 4) is 5.88 Å². The Bertz CT molecular complexity index is 726. The van der Waals surface area contributed by atoms with Crippen molar-refractivity contribution >= 4 is 17.9 Å². The third-order valence-corrected chi connectivity index (χ3v) is 3.70. The summed E-state index contributed by atoms with van der Waals surface area (Å²) < 4.78 is 47.1. The molecule has 1 saturated heterocycles. The molecule has 0 atom stereocenters. The summed E-state index contributed by atoms with van der Waals surface area (Å²) in [5.41, 5.74) is -1.08. The number of halogens is 3.